The van der Waals surface area contributed by atoms with Gasteiger partial charge in [0.25, 0.3) is 10.0 Å². The zero-order chi connectivity index (χ0) is 14.9. The molecule has 0 spiro atoms. The summed E-state index contributed by atoms with van der Waals surface area (Å²) in [7, 11) is -2.31. The molecule has 1 unspecified atom stereocenters. The van der Waals surface area contributed by atoms with Gasteiger partial charge in [0.1, 0.15) is 5.82 Å². The van der Waals surface area contributed by atoms with Crippen molar-refractivity contribution in [1.29, 1.82) is 0 Å². The third-order valence-corrected chi connectivity index (χ3v) is 5.12. The second kappa shape index (κ2) is 5.58. The Morgan fingerprint density at radius 2 is 1.95 bits per heavy atom. The van der Waals surface area contributed by atoms with Crippen LogP contribution in [0.2, 0.25) is 0 Å². The number of hydrogen-bond acceptors (Lipinski definition) is 4. The summed E-state index contributed by atoms with van der Waals surface area (Å²) < 4.78 is 41.2. The van der Waals surface area contributed by atoms with Crippen molar-refractivity contribution in [3.05, 3.63) is 40.2 Å². The van der Waals surface area contributed by atoms with Crippen LogP contribution in [-0.4, -0.2) is 23.4 Å². The van der Waals surface area contributed by atoms with Crippen molar-refractivity contribution >= 4 is 26.0 Å². The van der Waals surface area contributed by atoms with Crippen molar-refractivity contribution in [3.63, 3.8) is 0 Å². The maximum absolute atomic E-state index is 12.9. The summed E-state index contributed by atoms with van der Waals surface area (Å²) in [5.41, 5.74) is 0.654. The lowest BCUT2D eigenvalue weighted by atomic mass is 10.1. The average molecular weight is 363 g/mol. The van der Waals surface area contributed by atoms with E-state index in [1.165, 1.54) is 31.3 Å². The molecule has 0 fully saturated rings. The number of rotatable bonds is 4. The number of halogens is 2. The average Bonchev–Trinajstić information content (AvgIpc) is 2.69. The van der Waals surface area contributed by atoms with Gasteiger partial charge >= 0.3 is 0 Å². The van der Waals surface area contributed by atoms with Gasteiger partial charge in [0.15, 0.2) is 4.60 Å². The Morgan fingerprint density at radius 1 is 1.35 bits per heavy atom. The highest BCUT2D eigenvalue weighted by molar-refractivity contribution is 9.10. The van der Waals surface area contributed by atoms with Crippen molar-refractivity contribution in [1.82, 2.24) is 19.7 Å². The largest absolute Gasteiger partial charge is 0.261 e. The topological polar surface area (TPSA) is 76.9 Å². The van der Waals surface area contributed by atoms with Crippen molar-refractivity contribution in [2.24, 2.45) is 7.05 Å². The molecular formula is C11H12BrFN4O2S. The van der Waals surface area contributed by atoms with E-state index in [0.29, 0.717) is 5.56 Å². The Hall–Kier alpha value is -1.32. The van der Waals surface area contributed by atoms with Gasteiger partial charge in [-0.05, 0) is 40.5 Å². The molecule has 0 radical (unpaired) electrons. The molecule has 2 aromatic rings. The fourth-order valence-electron chi connectivity index (χ4n) is 1.72. The molecule has 0 bridgehead atoms. The van der Waals surface area contributed by atoms with Crippen molar-refractivity contribution in [2.45, 2.75) is 18.0 Å². The summed E-state index contributed by atoms with van der Waals surface area (Å²) in [5.74, 6) is -0.373. The monoisotopic (exact) mass is 362 g/mol. The standard InChI is InChI=1S/C11H12BrFN4O2S/c1-7(8-3-5-9(13)6-4-8)15-20(18,19)11-10(12)14-16-17(11)2/h3-7,15H,1-2H3. The highest BCUT2D eigenvalue weighted by atomic mass is 79.9. The highest BCUT2D eigenvalue weighted by Crippen LogP contribution is 2.21. The number of aromatic nitrogens is 3. The zero-order valence-electron chi connectivity index (χ0n) is 10.7. The van der Waals surface area contributed by atoms with Crippen molar-refractivity contribution in [2.75, 3.05) is 0 Å². The Labute approximate surface area is 124 Å². The molecule has 0 amide bonds. The number of hydrogen-bond donors (Lipinski definition) is 1. The minimum Gasteiger partial charge on any atom is -0.235 e. The molecule has 0 saturated carbocycles. The normalized spacial score (nSPS) is 13.4. The van der Waals surface area contributed by atoms with E-state index in [1.807, 2.05) is 0 Å². The summed E-state index contributed by atoms with van der Waals surface area (Å²) in [4.78, 5) is 0. The quantitative estimate of drug-likeness (QED) is 0.898. The van der Waals surface area contributed by atoms with Crippen LogP contribution in [0, 0.1) is 5.82 Å². The fraction of sp³-hybridized carbons (Fsp3) is 0.273. The first kappa shape index (κ1) is 15.1. The van der Waals surface area contributed by atoms with E-state index >= 15 is 0 Å². The summed E-state index contributed by atoms with van der Waals surface area (Å²) in [6.07, 6.45) is 0. The highest BCUT2D eigenvalue weighted by Gasteiger charge is 2.26. The second-order valence-electron chi connectivity index (χ2n) is 4.20. The van der Waals surface area contributed by atoms with Crippen LogP contribution in [0.1, 0.15) is 18.5 Å². The van der Waals surface area contributed by atoms with Crippen LogP contribution in [-0.2, 0) is 17.1 Å². The van der Waals surface area contributed by atoms with Crippen LogP contribution in [0.3, 0.4) is 0 Å². The van der Waals surface area contributed by atoms with Crippen LogP contribution >= 0.6 is 15.9 Å². The van der Waals surface area contributed by atoms with Gasteiger partial charge < -0.3 is 0 Å². The molecule has 1 atom stereocenters. The molecule has 0 aliphatic heterocycles. The summed E-state index contributed by atoms with van der Waals surface area (Å²) in [6, 6.07) is 5.10. The molecule has 9 heteroatoms. The Bertz CT molecular complexity index is 695. The van der Waals surface area contributed by atoms with E-state index in [4.69, 9.17) is 0 Å². The van der Waals surface area contributed by atoms with Gasteiger partial charge in [0.05, 0.1) is 0 Å². The third-order valence-electron chi connectivity index (χ3n) is 2.69. The molecule has 2 rings (SSSR count). The Balaban J connectivity index is 2.27. The molecule has 1 aromatic heterocycles. The van der Waals surface area contributed by atoms with Gasteiger partial charge in [-0.15, -0.1) is 5.10 Å². The predicted molar refractivity (Wildman–Crippen MR) is 73.8 cm³/mol. The van der Waals surface area contributed by atoms with Gasteiger partial charge in [-0.25, -0.2) is 22.2 Å². The predicted octanol–water partition coefficient (Wildman–Crippen LogP) is 1.76. The fourth-order valence-corrected chi connectivity index (χ4v) is 4.04. The molecule has 0 aliphatic rings. The second-order valence-corrected chi connectivity index (χ2v) is 6.58. The molecule has 0 saturated heterocycles. The summed E-state index contributed by atoms with van der Waals surface area (Å²) in [5, 5.41) is 7.20. The lowest BCUT2D eigenvalue weighted by Crippen LogP contribution is -2.28. The first-order chi connectivity index (χ1) is 9.31. The molecular weight excluding hydrogens is 351 g/mol. The Kier molecular flexibility index (Phi) is 4.21. The number of aryl methyl sites for hydroxylation is 1. The van der Waals surface area contributed by atoms with Gasteiger partial charge in [0, 0.05) is 13.1 Å². The summed E-state index contributed by atoms with van der Waals surface area (Å²) in [6.45, 7) is 1.67. The maximum Gasteiger partial charge on any atom is 0.261 e. The van der Waals surface area contributed by atoms with Crippen LogP contribution < -0.4 is 4.72 Å². The number of nitrogens with zero attached hydrogens (tertiary/aromatic N) is 3. The zero-order valence-corrected chi connectivity index (χ0v) is 13.1. The van der Waals surface area contributed by atoms with Gasteiger partial charge in [-0.1, -0.05) is 17.3 Å². The van der Waals surface area contributed by atoms with E-state index in [2.05, 4.69) is 31.0 Å². The summed E-state index contributed by atoms with van der Waals surface area (Å²) >= 11 is 3.05. The maximum atomic E-state index is 12.9. The molecule has 6 nitrogen and oxygen atoms in total. The van der Waals surface area contributed by atoms with Gasteiger partial charge in [-0.2, -0.15) is 0 Å². The first-order valence-electron chi connectivity index (χ1n) is 5.64. The SMILES string of the molecule is CC(NS(=O)(=O)c1c(Br)nnn1C)c1ccc(F)cc1. The van der Waals surface area contributed by atoms with E-state index in [0.717, 1.165) is 4.68 Å². The number of benzene rings is 1. The lowest BCUT2D eigenvalue weighted by molar-refractivity contribution is 0.547. The van der Waals surface area contributed by atoms with E-state index < -0.39 is 16.1 Å². The molecule has 0 aliphatic carbocycles. The molecule has 20 heavy (non-hydrogen) atoms. The molecule has 108 valence electrons. The van der Waals surface area contributed by atoms with Crippen LogP contribution in [0.4, 0.5) is 4.39 Å². The van der Waals surface area contributed by atoms with E-state index in [9.17, 15) is 12.8 Å². The van der Waals surface area contributed by atoms with Crippen LogP contribution in [0.25, 0.3) is 0 Å². The molecule has 1 N–H and O–H groups in total. The number of nitrogens with one attached hydrogen (secondary N) is 1. The smallest absolute Gasteiger partial charge is 0.235 e. The first-order valence-corrected chi connectivity index (χ1v) is 7.92. The molecule has 1 heterocycles. The van der Waals surface area contributed by atoms with Gasteiger partial charge in [-0.3, -0.25) is 0 Å². The van der Waals surface area contributed by atoms with Gasteiger partial charge in [0.2, 0.25) is 5.03 Å². The minimum atomic E-state index is -3.79. The van der Waals surface area contributed by atoms with Crippen LogP contribution in [0.5, 0.6) is 0 Å². The van der Waals surface area contributed by atoms with E-state index in [1.54, 1.807) is 6.92 Å². The van der Waals surface area contributed by atoms with Crippen molar-refractivity contribution < 1.29 is 12.8 Å². The van der Waals surface area contributed by atoms with Crippen LogP contribution in [0.15, 0.2) is 33.9 Å². The van der Waals surface area contributed by atoms with E-state index in [-0.39, 0.29) is 15.4 Å². The molecule has 1 aromatic carbocycles. The third kappa shape index (κ3) is 3.05. The minimum absolute atomic E-state index is 0.0635. The van der Waals surface area contributed by atoms with Crippen molar-refractivity contribution in [3.8, 4) is 0 Å². The Morgan fingerprint density at radius 3 is 2.45 bits per heavy atom. The number of sulfonamides is 1. The lowest BCUT2D eigenvalue weighted by Gasteiger charge is -2.14.